The Bertz CT molecular complexity index is 465. The molecule has 6 heteroatoms. The summed E-state index contributed by atoms with van der Waals surface area (Å²) < 4.78 is 26.8. The van der Waals surface area contributed by atoms with Crippen LogP contribution in [0.3, 0.4) is 0 Å². The summed E-state index contributed by atoms with van der Waals surface area (Å²) in [7, 11) is 0. The number of ketones is 1. The third kappa shape index (κ3) is 2.62. The van der Waals surface area contributed by atoms with Crippen molar-refractivity contribution in [3.05, 3.63) is 22.4 Å². The molecule has 0 spiro atoms. The third-order valence-electron chi connectivity index (χ3n) is 2.68. The number of halogens is 3. The van der Waals surface area contributed by atoms with E-state index in [4.69, 9.17) is 0 Å². The maximum atomic E-state index is 13.1. The lowest BCUT2D eigenvalue weighted by Gasteiger charge is -2.20. The molecule has 3 nitrogen and oxygen atoms in total. The van der Waals surface area contributed by atoms with Crippen LogP contribution in [0.4, 0.5) is 14.5 Å². The highest BCUT2D eigenvalue weighted by Crippen LogP contribution is 2.32. The van der Waals surface area contributed by atoms with Gasteiger partial charge in [-0.2, -0.15) is 0 Å². The fourth-order valence-electron chi connectivity index (χ4n) is 1.88. The predicted octanol–water partition coefficient (Wildman–Crippen LogP) is 2.89. The Hall–Kier alpha value is -1.04. The predicted molar refractivity (Wildman–Crippen MR) is 63.7 cm³/mol. The Kier molecular flexibility index (Phi) is 3.16. The second-order valence-corrected chi connectivity index (χ2v) is 4.90. The maximum absolute atomic E-state index is 13.1. The molecule has 1 fully saturated rings. The van der Waals surface area contributed by atoms with Crippen molar-refractivity contribution in [2.24, 2.45) is 0 Å². The number of hydrogen-bond donors (Lipinski definition) is 0. The Morgan fingerprint density at radius 3 is 2.76 bits per heavy atom. The van der Waals surface area contributed by atoms with Gasteiger partial charge in [-0.25, -0.2) is 13.8 Å². The molecule has 0 unspecified atom stereocenters. The molecule has 0 atom stereocenters. The molecule has 1 aromatic rings. The number of Topliss-reactive ketones (excluding diaryl/α,β-unsaturated/α-hetero) is 1. The first-order valence-electron chi connectivity index (χ1n) is 5.19. The normalized spacial score (nSPS) is 18.5. The van der Waals surface area contributed by atoms with Gasteiger partial charge in [-0.15, -0.1) is 0 Å². The van der Waals surface area contributed by atoms with Crippen LogP contribution in [0.25, 0.3) is 0 Å². The highest BCUT2D eigenvalue weighted by atomic mass is 79.9. The summed E-state index contributed by atoms with van der Waals surface area (Å²) in [5, 5.41) is 0. The first-order valence-corrected chi connectivity index (χ1v) is 5.99. The van der Waals surface area contributed by atoms with Crippen LogP contribution in [0.15, 0.2) is 16.7 Å². The van der Waals surface area contributed by atoms with Crippen molar-refractivity contribution in [1.29, 1.82) is 0 Å². The number of carbonyl (C=O) groups excluding carboxylic acids is 1. The summed E-state index contributed by atoms with van der Waals surface area (Å²) in [6.07, 6.45) is -0.180. The van der Waals surface area contributed by atoms with Crippen molar-refractivity contribution in [3.63, 3.8) is 0 Å². The average Bonchev–Trinajstić information content (AvgIpc) is 2.58. The van der Waals surface area contributed by atoms with Gasteiger partial charge < -0.3 is 4.90 Å². The third-order valence-corrected chi connectivity index (χ3v) is 3.13. The first-order chi connectivity index (χ1) is 7.89. The minimum absolute atomic E-state index is 0.180. The van der Waals surface area contributed by atoms with E-state index in [2.05, 4.69) is 20.9 Å². The van der Waals surface area contributed by atoms with Gasteiger partial charge in [0.25, 0.3) is 5.92 Å². The topological polar surface area (TPSA) is 33.2 Å². The largest absolute Gasteiger partial charge is 0.363 e. The lowest BCUT2D eigenvalue weighted by atomic mass is 10.2. The molecular formula is C11H11BrF2N2O. The molecule has 0 aromatic carbocycles. The SMILES string of the molecule is CC(=O)c1nc(Br)ccc1N1CCC(F)(F)C1. The van der Waals surface area contributed by atoms with E-state index in [1.165, 1.54) is 11.8 Å². The van der Waals surface area contributed by atoms with Gasteiger partial charge in [0.15, 0.2) is 5.78 Å². The van der Waals surface area contributed by atoms with Crippen molar-refractivity contribution >= 4 is 27.4 Å². The number of nitrogens with zero attached hydrogens (tertiary/aromatic N) is 2. The highest BCUT2D eigenvalue weighted by molar-refractivity contribution is 9.10. The number of aromatic nitrogens is 1. The summed E-state index contributed by atoms with van der Waals surface area (Å²) in [6.45, 7) is 1.28. The zero-order valence-electron chi connectivity index (χ0n) is 9.21. The fourth-order valence-corrected chi connectivity index (χ4v) is 2.19. The maximum Gasteiger partial charge on any atom is 0.266 e. The molecule has 0 saturated carbocycles. The Morgan fingerprint density at radius 1 is 1.53 bits per heavy atom. The van der Waals surface area contributed by atoms with Crippen molar-refractivity contribution in [3.8, 4) is 0 Å². The minimum Gasteiger partial charge on any atom is -0.363 e. The highest BCUT2D eigenvalue weighted by Gasteiger charge is 2.39. The molecule has 1 aliphatic rings. The van der Waals surface area contributed by atoms with Gasteiger partial charge in [-0.05, 0) is 28.1 Å². The molecule has 0 N–H and O–H groups in total. The van der Waals surface area contributed by atoms with Crippen LogP contribution in [-0.2, 0) is 0 Å². The van der Waals surface area contributed by atoms with Gasteiger partial charge in [0.1, 0.15) is 10.3 Å². The molecule has 17 heavy (non-hydrogen) atoms. The first kappa shape index (κ1) is 12.4. The number of hydrogen-bond acceptors (Lipinski definition) is 3. The van der Waals surface area contributed by atoms with Gasteiger partial charge in [-0.3, -0.25) is 4.79 Å². The number of rotatable bonds is 2. The van der Waals surface area contributed by atoms with E-state index in [1.54, 1.807) is 12.1 Å². The monoisotopic (exact) mass is 304 g/mol. The van der Waals surface area contributed by atoms with Gasteiger partial charge in [0, 0.05) is 19.9 Å². The Balaban J connectivity index is 2.36. The second kappa shape index (κ2) is 4.33. The van der Waals surface area contributed by atoms with Gasteiger partial charge >= 0.3 is 0 Å². The van der Waals surface area contributed by atoms with E-state index in [0.717, 1.165) is 0 Å². The second-order valence-electron chi connectivity index (χ2n) is 4.09. The molecule has 2 heterocycles. The van der Waals surface area contributed by atoms with Crippen LogP contribution in [0.5, 0.6) is 0 Å². The molecule has 0 aliphatic carbocycles. The van der Waals surface area contributed by atoms with Gasteiger partial charge in [-0.1, -0.05) is 0 Å². The van der Waals surface area contributed by atoms with E-state index in [9.17, 15) is 13.6 Å². The number of anilines is 1. The van der Waals surface area contributed by atoms with E-state index in [0.29, 0.717) is 10.3 Å². The lowest BCUT2D eigenvalue weighted by Crippen LogP contribution is -2.26. The van der Waals surface area contributed by atoms with E-state index in [-0.39, 0.29) is 31.0 Å². The zero-order valence-corrected chi connectivity index (χ0v) is 10.8. The molecule has 92 valence electrons. The number of carbonyl (C=O) groups is 1. The molecule has 0 bridgehead atoms. The molecule has 1 aliphatic heterocycles. The molecule has 0 radical (unpaired) electrons. The van der Waals surface area contributed by atoms with E-state index in [1.807, 2.05) is 0 Å². The molecule has 2 rings (SSSR count). The quantitative estimate of drug-likeness (QED) is 0.622. The van der Waals surface area contributed by atoms with Crippen molar-refractivity contribution < 1.29 is 13.6 Å². The minimum atomic E-state index is -2.68. The number of pyridine rings is 1. The lowest BCUT2D eigenvalue weighted by molar-refractivity contribution is 0.0257. The van der Waals surface area contributed by atoms with Crippen LogP contribution in [0.2, 0.25) is 0 Å². The summed E-state index contributed by atoms with van der Waals surface area (Å²) >= 11 is 3.17. The van der Waals surface area contributed by atoms with E-state index < -0.39 is 5.92 Å². The summed E-state index contributed by atoms with van der Waals surface area (Å²) in [6, 6.07) is 3.30. The molecular weight excluding hydrogens is 294 g/mol. The van der Waals surface area contributed by atoms with Gasteiger partial charge in [0.05, 0.1) is 12.2 Å². The standard InChI is InChI=1S/C11H11BrF2N2O/c1-7(17)10-8(2-3-9(12)15-10)16-5-4-11(13,14)6-16/h2-3H,4-6H2,1H3. The summed E-state index contributed by atoms with van der Waals surface area (Å²) in [5.74, 6) is -2.90. The van der Waals surface area contributed by atoms with Crippen LogP contribution in [0, 0.1) is 0 Å². The summed E-state index contributed by atoms with van der Waals surface area (Å²) in [5.41, 5.74) is 0.718. The van der Waals surface area contributed by atoms with Crippen molar-refractivity contribution in [2.75, 3.05) is 18.0 Å². The van der Waals surface area contributed by atoms with Crippen LogP contribution >= 0.6 is 15.9 Å². The van der Waals surface area contributed by atoms with Crippen LogP contribution < -0.4 is 4.90 Å². The fraction of sp³-hybridized carbons (Fsp3) is 0.455. The molecule has 1 saturated heterocycles. The average molecular weight is 305 g/mol. The number of alkyl halides is 2. The zero-order chi connectivity index (χ0) is 12.6. The van der Waals surface area contributed by atoms with Crippen LogP contribution in [0.1, 0.15) is 23.8 Å². The Morgan fingerprint density at radius 2 is 2.24 bits per heavy atom. The van der Waals surface area contributed by atoms with Crippen molar-refractivity contribution in [1.82, 2.24) is 4.98 Å². The summed E-state index contributed by atoms with van der Waals surface area (Å²) in [4.78, 5) is 17.0. The van der Waals surface area contributed by atoms with Gasteiger partial charge in [0.2, 0.25) is 0 Å². The smallest absolute Gasteiger partial charge is 0.266 e. The molecule has 1 aromatic heterocycles. The Labute approximate surface area is 106 Å². The molecule has 0 amide bonds. The van der Waals surface area contributed by atoms with E-state index >= 15 is 0 Å². The van der Waals surface area contributed by atoms with Crippen molar-refractivity contribution in [2.45, 2.75) is 19.3 Å². The van der Waals surface area contributed by atoms with Crippen LogP contribution in [-0.4, -0.2) is 29.8 Å².